The molecule has 1 aliphatic heterocycles. The fraction of sp³-hybridized carbons (Fsp3) is 0.857. The molecule has 3 rings (SSSR count). The SMILES string of the molecule is CC1(C)CC1c1nc(C(C)(C)N2CCNCC2)no1. The van der Waals surface area contributed by atoms with E-state index in [-0.39, 0.29) is 5.54 Å². The quantitative estimate of drug-likeness (QED) is 0.901. The molecule has 0 radical (unpaired) electrons. The number of aromatic nitrogens is 2. The molecule has 19 heavy (non-hydrogen) atoms. The van der Waals surface area contributed by atoms with Crippen LogP contribution >= 0.6 is 0 Å². The maximum Gasteiger partial charge on any atom is 0.230 e. The van der Waals surface area contributed by atoms with Crippen molar-refractivity contribution in [3.8, 4) is 0 Å². The molecule has 2 heterocycles. The second kappa shape index (κ2) is 4.28. The molecule has 2 fully saturated rings. The summed E-state index contributed by atoms with van der Waals surface area (Å²) < 4.78 is 5.50. The summed E-state index contributed by atoms with van der Waals surface area (Å²) in [4.78, 5) is 7.10. The Morgan fingerprint density at radius 1 is 1.32 bits per heavy atom. The van der Waals surface area contributed by atoms with Gasteiger partial charge < -0.3 is 9.84 Å². The largest absolute Gasteiger partial charge is 0.339 e. The molecule has 5 heteroatoms. The first-order valence-electron chi connectivity index (χ1n) is 7.21. The highest BCUT2D eigenvalue weighted by Gasteiger charge is 2.50. The van der Waals surface area contributed by atoms with E-state index >= 15 is 0 Å². The van der Waals surface area contributed by atoms with E-state index in [4.69, 9.17) is 4.52 Å². The van der Waals surface area contributed by atoms with Crippen molar-refractivity contribution in [2.45, 2.75) is 45.6 Å². The van der Waals surface area contributed by atoms with Crippen LogP contribution < -0.4 is 5.32 Å². The van der Waals surface area contributed by atoms with Gasteiger partial charge >= 0.3 is 0 Å². The van der Waals surface area contributed by atoms with Crippen LogP contribution in [0.4, 0.5) is 0 Å². The number of hydrogen-bond donors (Lipinski definition) is 1. The molecule has 1 saturated heterocycles. The van der Waals surface area contributed by atoms with Crippen LogP contribution in [-0.2, 0) is 5.54 Å². The molecule has 1 aliphatic carbocycles. The Balaban J connectivity index is 1.77. The molecule has 106 valence electrons. The summed E-state index contributed by atoms with van der Waals surface area (Å²) in [5, 5.41) is 7.62. The minimum atomic E-state index is -0.150. The Kier molecular flexibility index (Phi) is 2.94. The zero-order valence-electron chi connectivity index (χ0n) is 12.4. The summed E-state index contributed by atoms with van der Waals surface area (Å²) in [6.07, 6.45) is 1.16. The van der Waals surface area contributed by atoms with Gasteiger partial charge in [-0.25, -0.2) is 0 Å². The first-order valence-corrected chi connectivity index (χ1v) is 7.21. The van der Waals surface area contributed by atoms with Gasteiger partial charge in [0, 0.05) is 32.1 Å². The smallest absolute Gasteiger partial charge is 0.230 e. The molecule has 1 N–H and O–H groups in total. The van der Waals surface area contributed by atoms with Gasteiger partial charge in [-0.05, 0) is 25.7 Å². The molecule has 0 bridgehead atoms. The number of hydrogen-bond acceptors (Lipinski definition) is 5. The predicted molar refractivity (Wildman–Crippen MR) is 72.9 cm³/mol. The maximum atomic E-state index is 5.50. The molecule has 1 unspecified atom stereocenters. The van der Waals surface area contributed by atoms with E-state index in [2.05, 4.69) is 48.1 Å². The Labute approximate surface area is 114 Å². The Bertz CT molecular complexity index is 460. The zero-order chi connectivity index (χ0) is 13.7. The van der Waals surface area contributed by atoms with E-state index in [0.717, 1.165) is 44.3 Å². The van der Waals surface area contributed by atoms with Crippen LogP contribution in [0.2, 0.25) is 0 Å². The lowest BCUT2D eigenvalue weighted by atomic mass is 10.0. The number of nitrogens with one attached hydrogen (secondary N) is 1. The van der Waals surface area contributed by atoms with E-state index in [0.29, 0.717) is 11.3 Å². The van der Waals surface area contributed by atoms with Crippen molar-refractivity contribution in [2.75, 3.05) is 26.2 Å². The van der Waals surface area contributed by atoms with Crippen LogP contribution in [0, 0.1) is 5.41 Å². The summed E-state index contributed by atoms with van der Waals surface area (Å²) in [6.45, 7) is 13.0. The van der Waals surface area contributed by atoms with Crippen LogP contribution in [0.3, 0.4) is 0 Å². The lowest BCUT2D eigenvalue weighted by molar-refractivity contribution is 0.0924. The van der Waals surface area contributed by atoms with Crippen LogP contribution in [-0.4, -0.2) is 41.2 Å². The summed E-state index contributed by atoms with van der Waals surface area (Å²) in [5.41, 5.74) is 0.186. The Morgan fingerprint density at radius 2 is 1.95 bits per heavy atom. The van der Waals surface area contributed by atoms with Crippen molar-refractivity contribution in [3.63, 3.8) is 0 Å². The van der Waals surface area contributed by atoms with Crippen molar-refractivity contribution in [3.05, 3.63) is 11.7 Å². The van der Waals surface area contributed by atoms with E-state index in [1.807, 2.05) is 0 Å². The van der Waals surface area contributed by atoms with Gasteiger partial charge in [0.2, 0.25) is 5.89 Å². The van der Waals surface area contributed by atoms with Gasteiger partial charge in [0.1, 0.15) is 0 Å². The van der Waals surface area contributed by atoms with Gasteiger partial charge in [-0.2, -0.15) is 4.98 Å². The van der Waals surface area contributed by atoms with Gasteiger partial charge in [0.05, 0.1) is 5.54 Å². The normalized spacial score (nSPS) is 27.5. The average Bonchev–Trinajstić information content (AvgIpc) is 2.81. The van der Waals surface area contributed by atoms with Crippen LogP contribution in [0.25, 0.3) is 0 Å². The van der Waals surface area contributed by atoms with Crippen molar-refractivity contribution < 1.29 is 4.52 Å². The molecule has 0 amide bonds. The van der Waals surface area contributed by atoms with Crippen LogP contribution in [0.1, 0.15) is 51.7 Å². The molecule has 1 saturated carbocycles. The summed E-state index contributed by atoms with van der Waals surface area (Å²) in [6, 6.07) is 0. The minimum Gasteiger partial charge on any atom is -0.339 e. The Hall–Kier alpha value is -0.940. The highest BCUT2D eigenvalue weighted by molar-refractivity contribution is 5.15. The van der Waals surface area contributed by atoms with Crippen molar-refractivity contribution in [1.29, 1.82) is 0 Å². The van der Waals surface area contributed by atoms with Crippen LogP contribution in [0.15, 0.2) is 4.52 Å². The fourth-order valence-electron chi connectivity index (χ4n) is 2.88. The van der Waals surface area contributed by atoms with Crippen molar-refractivity contribution >= 4 is 0 Å². The van der Waals surface area contributed by atoms with Gasteiger partial charge in [-0.3, -0.25) is 4.90 Å². The maximum absolute atomic E-state index is 5.50. The van der Waals surface area contributed by atoms with Gasteiger partial charge in [0.15, 0.2) is 5.82 Å². The van der Waals surface area contributed by atoms with Crippen LogP contribution in [0.5, 0.6) is 0 Å². The summed E-state index contributed by atoms with van der Waals surface area (Å²) in [5.74, 6) is 2.10. The second-order valence-corrected chi connectivity index (χ2v) is 7.00. The highest BCUT2D eigenvalue weighted by atomic mass is 16.5. The van der Waals surface area contributed by atoms with Crippen molar-refractivity contribution in [1.82, 2.24) is 20.4 Å². The molecule has 5 nitrogen and oxygen atoms in total. The standard InChI is InChI=1S/C14H24N4O/c1-13(2)9-10(13)11-16-12(17-19-11)14(3,4)18-7-5-15-6-8-18/h10,15H,5-9H2,1-4H3. The molecule has 1 aromatic heterocycles. The fourth-order valence-corrected chi connectivity index (χ4v) is 2.88. The molecule has 1 aromatic rings. The molecular formula is C14H24N4O. The lowest BCUT2D eigenvalue weighted by Gasteiger charge is -2.38. The van der Waals surface area contributed by atoms with Crippen molar-refractivity contribution in [2.24, 2.45) is 5.41 Å². The van der Waals surface area contributed by atoms with E-state index in [9.17, 15) is 0 Å². The third-order valence-electron chi connectivity index (χ3n) is 4.71. The monoisotopic (exact) mass is 264 g/mol. The van der Waals surface area contributed by atoms with E-state index in [1.165, 1.54) is 0 Å². The summed E-state index contributed by atoms with van der Waals surface area (Å²) in [7, 11) is 0. The molecule has 1 atom stereocenters. The average molecular weight is 264 g/mol. The number of piperazine rings is 1. The molecular weight excluding hydrogens is 240 g/mol. The lowest BCUT2D eigenvalue weighted by Crippen LogP contribution is -2.52. The van der Waals surface area contributed by atoms with E-state index < -0.39 is 0 Å². The predicted octanol–water partition coefficient (Wildman–Crippen LogP) is 1.72. The molecule has 0 spiro atoms. The summed E-state index contributed by atoms with van der Waals surface area (Å²) >= 11 is 0. The molecule has 2 aliphatic rings. The van der Waals surface area contributed by atoms with Gasteiger partial charge in [-0.15, -0.1) is 0 Å². The number of rotatable bonds is 3. The second-order valence-electron chi connectivity index (χ2n) is 7.00. The first-order chi connectivity index (χ1) is 8.91. The topological polar surface area (TPSA) is 54.2 Å². The van der Waals surface area contributed by atoms with Gasteiger partial charge in [-0.1, -0.05) is 19.0 Å². The zero-order valence-corrected chi connectivity index (χ0v) is 12.4. The van der Waals surface area contributed by atoms with Gasteiger partial charge in [0.25, 0.3) is 0 Å². The van der Waals surface area contributed by atoms with E-state index in [1.54, 1.807) is 0 Å². The number of nitrogens with zero attached hydrogens (tertiary/aromatic N) is 3. The minimum absolute atomic E-state index is 0.150. The Morgan fingerprint density at radius 3 is 2.53 bits per heavy atom. The first kappa shape index (κ1) is 13.1. The third kappa shape index (κ3) is 2.30. The highest BCUT2D eigenvalue weighted by Crippen LogP contribution is 2.58. The third-order valence-corrected chi connectivity index (χ3v) is 4.71. The molecule has 0 aromatic carbocycles.